The second-order valence-corrected chi connectivity index (χ2v) is 4.96. The zero-order valence-electron chi connectivity index (χ0n) is 7.62. The Bertz CT molecular complexity index is 392. The van der Waals surface area contributed by atoms with Crippen LogP contribution in [0.5, 0.6) is 5.75 Å². The van der Waals surface area contributed by atoms with Gasteiger partial charge >= 0.3 is 83.8 Å². The van der Waals surface area contributed by atoms with Crippen LogP contribution in [-0.4, -0.2) is 21.1 Å². The Labute approximate surface area is 84.1 Å². The molecule has 0 aliphatic carbocycles. The molecule has 1 nitrogen and oxygen atoms in total. The van der Waals surface area contributed by atoms with Gasteiger partial charge in [0, 0.05) is 0 Å². The summed E-state index contributed by atoms with van der Waals surface area (Å²) in [4.78, 5) is 2.25. The van der Waals surface area contributed by atoms with E-state index in [1.807, 2.05) is 0 Å². The molecule has 0 aliphatic heterocycles. The first-order valence-electron chi connectivity index (χ1n) is 4.50. The van der Waals surface area contributed by atoms with Gasteiger partial charge in [0.25, 0.3) is 0 Å². The molecule has 0 aliphatic rings. The fraction of sp³-hybridized carbons (Fsp3) is 0.273. The van der Waals surface area contributed by atoms with Gasteiger partial charge in [-0.15, -0.1) is 0 Å². The third kappa shape index (κ3) is 1.96. The molecule has 68 valence electrons. The van der Waals surface area contributed by atoms with Crippen LogP contribution in [0.3, 0.4) is 0 Å². The van der Waals surface area contributed by atoms with Crippen molar-refractivity contribution in [3.63, 3.8) is 0 Å². The summed E-state index contributed by atoms with van der Waals surface area (Å²) in [7, 11) is 0. The Morgan fingerprint density at radius 2 is 2.23 bits per heavy atom. The van der Waals surface area contributed by atoms with Gasteiger partial charge in [-0.05, 0) is 0 Å². The van der Waals surface area contributed by atoms with Crippen molar-refractivity contribution in [3.8, 4) is 5.75 Å². The van der Waals surface area contributed by atoms with Crippen molar-refractivity contribution in [2.75, 3.05) is 6.61 Å². The SMILES string of the molecule is CCCOc1ccc2[se]ccc2c1. The van der Waals surface area contributed by atoms with Gasteiger partial charge in [0.2, 0.25) is 0 Å². The van der Waals surface area contributed by atoms with Crippen LogP contribution >= 0.6 is 0 Å². The molecule has 0 fully saturated rings. The second kappa shape index (κ2) is 3.99. The Morgan fingerprint density at radius 3 is 3.08 bits per heavy atom. The Hall–Kier alpha value is -0.721. The third-order valence-corrected chi connectivity index (χ3v) is 3.78. The molecule has 0 spiro atoms. The minimum atomic E-state index is 0.554. The van der Waals surface area contributed by atoms with E-state index in [-0.39, 0.29) is 0 Å². The first-order chi connectivity index (χ1) is 6.40. The van der Waals surface area contributed by atoms with E-state index in [2.05, 4.69) is 36.1 Å². The van der Waals surface area contributed by atoms with Crippen molar-refractivity contribution in [1.29, 1.82) is 0 Å². The molecule has 0 N–H and O–H groups in total. The van der Waals surface area contributed by atoms with Crippen LogP contribution in [0.25, 0.3) is 9.65 Å². The maximum absolute atomic E-state index is 5.55. The van der Waals surface area contributed by atoms with Gasteiger partial charge in [-0.3, -0.25) is 0 Å². The molecule has 0 amide bonds. The van der Waals surface area contributed by atoms with E-state index >= 15 is 0 Å². The standard InChI is InChI=1S/C11H12OSe/c1-2-6-12-10-3-4-11-9(8-10)5-7-13-11/h3-5,7-8H,2,6H2,1H3. The number of ether oxygens (including phenoxy) is 1. The molecule has 1 aromatic carbocycles. The maximum atomic E-state index is 5.55. The number of fused-ring (bicyclic) bond motifs is 1. The van der Waals surface area contributed by atoms with Gasteiger partial charge in [0.15, 0.2) is 0 Å². The van der Waals surface area contributed by atoms with Crippen LogP contribution in [0.15, 0.2) is 29.2 Å². The van der Waals surface area contributed by atoms with Crippen LogP contribution in [0.4, 0.5) is 0 Å². The number of rotatable bonds is 3. The number of benzene rings is 1. The van der Waals surface area contributed by atoms with Crippen LogP contribution < -0.4 is 4.74 Å². The predicted octanol–water partition coefficient (Wildman–Crippen LogP) is 2.69. The number of hydrogen-bond donors (Lipinski definition) is 0. The summed E-state index contributed by atoms with van der Waals surface area (Å²) >= 11 is 0.554. The summed E-state index contributed by atoms with van der Waals surface area (Å²) in [6.07, 6.45) is 1.07. The number of hydrogen-bond acceptors (Lipinski definition) is 1. The summed E-state index contributed by atoms with van der Waals surface area (Å²) in [6.45, 7) is 2.93. The first-order valence-corrected chi connectivity index (χ1v) is 6.35. The van der Waals surface area contributed by atoms with Crippen LogP contribution in [0.2, 0.25) is 0 Å². The summed E-state index contributed by atoms with van der Waals surface area (Å²) in [6, 6.07) is 8.58. The quantitative estimate of drug-likeness (QED) is 0.748. The molecule has 0 saturated heterocycles. The van der Waals surface area contributed by atoms with Crippen molar-refractivity contribution >= 4 is 24.1 Å². The van der Waals surface area contributed by atoms with E-state index in [1.165, 1.54) is 9.65 Å². The minimum absolute atomic E-state index is 0.554. The molecular formula is C11H12OSe. The molecule has 1 aromatic heterocycles. The molecule has 0 saturated carbocycles. The van der Waals surface area contributed by atoms with E-state index in [1.54, 1.807) is 0 Å². The normalized spacial score (nSPS) is 10.5. The van der Waals surface area contributed by atoms with E-state index < -0.39 is 0 Å². The molecule has 1 heterocycles. The molecule has 13 heavy (non-hydrogen) atoms. The van der Waals surface area contributed by atoms with Crippen molar-refractivity contribution in [2.24, 2.45) is 0 Å². The zero-order chi connectivity index (χ0) is 9.10. The van der Waals surface area contributed by atoms with E-state index in [0.717, 1.165) is 18.8 Å². The topological polar surface area (TPSA) is 9.23 Å². The monoisotopic (exact) mass is 240 g/mol. The molecule has 0 unspecified atom stereocenters. The van der Waals surface area contributed by atoms with Gasteiger partial charge < -0.3 is 0 Å². The third-order valence-electron chi connectivity index (χ3n) is 1.90. The Morgan fingerprint density at radius 1 is 1.31 bits per heavy atom. The van der Waals surface area contributed by atoms with Gasteiger partial charge in [-0.1, -0.05) is 0 Å². The van der Waals surface area contributed by atoms with Gasteiger partial charge in [0.1, 0.15) is 0 Å². The van der Waals surface area contributed by atoms with Crippen molar-refractivity contribution in [2.45, 2.75) is 13.3 Å². The average Bonchev–Trinajstić information content (AvgIpc) is 2.61. The van der Waals surface area contributed by atoms with Crippen molar-refractivity contribution in [1.82, 2.24) is 0 Å². The molecule has 2 heteroatoms. The van der Waals surface area contributed by atoms with Gasteiger partial charge in [-0.25, -0.2) is 0 Å². The fourth-order valence-electron chi connectivity index (χ4n) is 1.25. The second-order valence-electron chi connectivity index (χ2n) is 2.97. The molecule has 2 rings (SSSR count). The van der Waals surface area contributed by atoms with E-state index in [9.17, 15) is 0 Å². The van der Waals surface area contributed by atoms with Gasteiger partial charge in [-0.2, -0.15) is 0 Å². The first kappa shape index (κ1) is 8.86. The average molecular weight is 239 g/mol. The fourth-order valence-corrected chi connectivity index (χ4v) is 2.87. The van der Waals surface area contributed by atoms with Gasteiger partial charge in [0.05, 0.1) is 0 Å². The molecule has 0 atom stereocenters. The van der Waals surface area contributed by atoms with E-state index in [4.69, 9.17) is 4.74 Å². The summed E-state index contributed by atoms with van der Waals surface area (Å²) < 4.78 is 7.02. The molecular weight excluding hydrogens is 227 g/mol. The van der Waals surface area contributed by atoms with Crippen LogP contribution in [-0.2, 0) is 0 Å². The summed E-state index contributed by atoms with van der Waals surface area (Å²) in [5.41, 5.74) is 0. The Kier molecular flexibility index (Phi) is 2.72. The molecule has 0 radical (unpaired) electrons. The van der Waals surface area contributed by atoms with Crippen LogP contribution in [0, 0.1) is 0 Å². The van der Waals surface area contributed by atoms with Crippen LogP contribution in [0.1, 0.15) is 13.3 Å². The predicted molar refractivity (Wildman–Crippen MR) is 56.7 cm³/mol. The van der Waals surface area contributed by atoms with Crippen molar-refractivity contribution in [3.05, 3.63) is 29.2 Å². The Balaban J connectivity index is 2.26. The van der Waals surface area contributed by atoms with E-state index in [0.29, 0.717) is 14.5 Å². The zero-order valence-corrected chi connectivity index (χ0v) is 9.33. The molecule has 2 aromatic rings. The summed E-state index contributed by atoms with van der Waals surface area (Å²) in [5.74, 6) is 1.00. The van der Waals surface area contributed by atoms with Crippen molar-refractivity contribution < 1.29 is 4.74 Å². The molecule has 0 bridgehead atoms. The summed E-state index contributed by atoms with van der Waals surface area (Å²) in [5, 5.41) is 1.34.